The molecule has 1 amide bonds. The second-order valence-electron chi connectivity index (χ2n) is 3.80. The van der Waals surface area contributed by atoms with Crippen LogP contribution in [0.4, 0.5) is 0 Å². The van der Waals surface area contributed by atoms with Crippen LogP contribution in [0, 0.1) is 5.92 Å². The monoisotopic (exact) mass is 276 g/mol. The van der Waals surface area contributed by atoms with Crippen LogP contribution in [0.3, 0.4) is 0 Å². The van der Waals surface area contributed by atoms with Gasteiger partial charge in [0.1, 0.15) is 10.3 Å². The maximum atomic E-state index is 11.7. The van der Waals surface area contributed by atoms with Gasteiger partial charge in [-0.3, -0.25) is 4.79 Å². The third kappa shape index (κ3) is 4.50. The Kier molecular flexibility index (Phi) is 5.68. The zero-order valence-corrected chi connectivity index (χ0v) is 10.9. The molecule has 0 aliphatic rings. The standard InChI is InChI=1S/C11H14Cl2N2O2/c1-7(4-5-16)6-14-11(17)8-2-3-9(12)15-10(8)13/h2-3,7,16H,4-6H2,1H3,(H,14,17). The first kappa shape index (κ1) is 14.2. The number of aromatic nitrogens is 1. The minimum atomic E-state index is -0.288. The van der Waals surface area contributed by atoms with E-state index in [1.165, 1.54) is 12.1 Å². The predicted octanol–water partition coefficient (Wildman–Crippen LogP) is 2.14. The number of carbonyl (C=O) groups is 1. The van der Waals surface area contributed by atoms with E-state index >= 15 is 0 Å². The molecule has 6 heteroatoms. The van der Waals surface area contributed by atoms with Crippen molar-refractivity contribution in [3.05, 3.63) is 28.0 Å². The average Bonchev–Trinajstić information content (AvgIpc) is 2.26. The normalized spacial score (nSPS) is 12.2. The number of pyridine rings is 1. The van der Waals surface area contributed by atoms with E-state index in [9.17, 15) is 4.79 Å². The van der Waals surface area contributed by atoms with Gasteiger partial charge >= 0.3 is 0 Å². The van der Waals surface area contributed by atoms with Crippen LogP contribution in [0.25, 0.3) is 0 Å². The van der Waals surface area contributed by atoms with Crippen LogP contribution in [0.15, 0.2) is 12.1 Å². The smallest absolute Gasteiger partial charge is 0.254 e. The molecule has 1 rings (SSSR count). The molecule has 0 spiro atoms. The van der Waals surface area contributed by atoms with E-state index in [1.807, 2.05) is 6.92 Å². The van der Waals surface area contributed by atoms with Crippen molar-refractivity contribution in [2.24, 2.45) is 5.92 Å². The first-order valence-corrected chi connectivity index (χ1v) is 6.01. The van der Waals surface area contributed by atoms with Crippen LogP contribution in [0.5, 0.6) is 0 Å². The first-order valence-electron chi connectivity index (χ1n) is 5.25. The Morgan fingerprint density at radius 2 is 2.24 bits per heavy atom. The van der Waals surface area contributed by atoms with E-state index in [2.05, 4.69) is 10.3 Å². The average molecular weight is 277 g/mol. The minimum Gasteiger partial charge on any atom is -0.396 e. The first-order chi connectivity index (χ1) is 8.04. The summed E-state index contributed by atoms with van der Waals surface area (Å²) >= 11 is 11.4. The van der Waals surface area contributed by atoms with Crippen LogP contribution in [0.2, 0.25) is 10.3 Å². The molecule has 1 atom stereocenters. The van der Waals surface area contributed by atoms with E-state index in [4.69, 9.17) is 28.3 Å². The van der Waals surface area contributed by atoms with Crippen molar-refractivity contribution >= 4 is 29.1 Å². The van der Waals surface area contributed by atoms with Crippen molar-refractivity contribution in [3.8, 4) is 0 Å². The zero-order chi connectivity index (χ0) is 12.8. The summed E-state index contributed by atoms with van der Waals surface area (Å²) in [4.78, 5) is 15.5. The van der Waals surface area contributed by atoms with Crippen LogP contribution in [-0.2, 0) is 0 Å². The molecule has 0 saturated carbocycles. The summed E-state index contributed by atoms with van der Waals surface area (Å²) in [6.45, 7) is 2.54. The third-order valence-corrected chi connectivity index (χ3v) is 2.79. The van der Waals surface area contributed by atoms with Crippen LogP contribution in [-0.4, -0.2) is 29.1 Å². The van der Waals surface area contributed by atoms with Gasteiger partial charge in [-0.2, -0.15) is 0 Å². The lowest BCUT2D eigenvalue weighted by molar-refractivity contribution is 0.0945. The Morgan fingerprint density at radius 3 is 2.82 bits per heavy atom. The summed E-state index contributed by atoms with van der Waals surface area (Å²) in [5.74, 6) is -0.0769. The van der Waals surface area contributed by atoms with Gasteiger partial charge in [-0.15, -0.1) is 0 Å². The fraction of sp³-hybridized carbons (Fsp3) is 0.455. The summed E-state index contributed by atoms with van der Waals surface area (Å²) in [6, 6.07) is 3.04. The molecule has 0 aliphatic heterocycles. The van der Waals surface area contributed by atoms with Crippen molar-refractivity contribution in [1.29, 1.82) is 0 Å². The second-order valence-corrected chi connectivity index (χ2v) is 4.55. The molecule has 0 bridgehead atoms. The van der Waals surface area contributed by atoms with E-state index in [0.717, 1.165) is 0 Å². The van der Waals surface area contributed by atoms with Gasteiger partial charge < -0.3 is 10.4 Å². The lowest BCUT2D eigenvalue weighted by Crippen LogP contribution is -2.29. The van der Waals surface area contributed by atoms with Crippen molar-refractivity contribution in [2.75, 3.05) is 13.2 Å². The van der Waals surface area contributed by atoms with Gasteiger partial charge in [-0.05, 0) is 24.5 Å². The van der Waals surface area contributed by atoms with Gasteiger partial charge in [0.2, 0.25) is 0 Å². The molecular formula is C11H14Cl2N2O2. The number of rotatable bonds is 5. The second kappa shape index (κ2) is 6.79. The number of carbonyl (C=O) groups excluding carboxylic acids is 1. The Labute approximate surface area is 110 Å². The van der Waals surface area contributed by atoms with Crippen molar-refractivity contribution < 1.29 is 9.90 Å². The van der Waals surface area contributed by atoms with Gasteiger partial charge in [0.05, 0.1) is 5.56 Å². The highest BCUT2D eigenvalue weighted by molar-refractivity contribution is 6.34. The fourth-order valence-corrected chi connectivity index (χ4v) is 1.70. The maximum absolute atomic E-state index is 11.7. The quantitative estimate of drug-likeness (QED) is 0.810. The molecule has 1 unspecified atom stereocenters. The number of aliphatic hydroxyl groups excluding tert-OH is 1. The predicted molar refractivity (Wildman–Crippen MR) is 67.5 cm³/mol. The summed E-state index contributed by atoms with van der Waals surface area (Å²) in [7, 11) is 0. The highest BCUT2D eigenvalue weighted by atomic mass is 35.5. The van der Waals surface area contributed by atoms with Gasteiger partial charge in [-0.25, -0.2) is 4.98 Å². The number of halogens is 2. The van der Waals surface area contributed by atoms with E-state index in [1.54, 1.807) is 0 Å². The molecule has 0 radical (unpaired) electrons. The Hall–Kier alpha value is -0.840. The summed E-state index contributed by atoms with van der Waals surface area (Å²) in [5, 5.41) is 11.8. The Morgan fingerprint density at radius 1 is 1.53 bits per heavy atom. The summed E-state index contributed by atoms with van der Waals surface area (Å²) in [5.41, 5.74) is 0.298. The van der Waals surface area contributed by atoms with Crippen molar-refractivity contribution in [3.63, 3.8) is 0 Å². The number of nitrogens with one attached hydrogen (secondary N) is 1. The number of nitrogens with zero attached hydrogens (tertiary/aromatic N) is 1. The lowest BCUT2D eigenvalue weighted by Gasteiger charge is -2.11. The molecule has 0 saturated heterocycles. The molecule has 4 nitrogen and oxygen atoms in total. The highest BCUT2D eigenvalue weighted by Gasteiger charge is 2.12. The van der Waals surface area contributed by atoms with Gasteiger partial charge in [0.15, 0.2) is 0 Å². The molecule has 0 aromatic carbocycles. The number of hydrogen-bond donors (Lipinski definition) is 2. The summed E-state index contributed by atoms with van der Waals surface area (Å²) in [6.07, 6.45) is 0.646. The molecule has 1 aromatic heterocycles. The molecule has 0 fully saturated rings. The third-order valence-electron chi connectivity index (χ3n) is 2.29. The van der Waals surface area contributed by atoms with Gasteiger partial charge in [0.25, 0.3) is 5.91 Å². The van der Waals surface area contributed by atoms with E-state index in [0.29, 0.717) is 18.5 Å². The van der Waals surface area contributed by atoms with Crippen LogP contribution >= 0.6 is 23.2 Å². The molecular weight excluding hydrogens is 263 g/mol. The molecule has 2 N–H and O–H groups in total. The topological polar surface area (TPSA) is 62.2 Å². The molecule has 0 aliphatic carbocycles. The maximum Gasteiger partial charge on any atom is 0.254 e. The van der Waals surface area contributed by atoms with Crippen molar-refractivity contribution in [1.82, 2.24) is 10.3 Å². The number of hydrogen-bond acceptors (Lipinski definition) is 3. The molecule has 17 heavy (non-hydrogen) atoms. The van der Waals surface area contributed by atoms with Crippen LogP contribution < -0.4 is 5.32 Å². The zero-order valence-electron chi connectivity index (χ0n) is 9.41. The Balaban J connectivity index is 2.58. The van der Waals surface area contributed by atoms with E-state index in [-0.39, 0.29) is 28.7 Å². The fourth-order valence-electron chi connectivity index (χ4n) is 1.27. The largest absolute Gasteiger partial charge is 0.396 e. The van der Waals surface area contributed by atoms with E-state index < -0.39 is 0 Å². The highest BCUT2D eigenvalue weighted by Crippen LogP contribution is 2.16. The minimum absolute atomic E-state index is 0.0878. The number of amides is 1. The Bertz CT molecular complexity index is 399. The van der Waals surface area contributed by atoms with Crippen LogP contribution in [0.1, 0.15) is 23.7 Å². The molecule has 1 heterocycles. The summed E-state index contributed by atoms with van der Waals surface area (Å²) < 4.78 is 0. The SMILES string of the molecule is CC(CCO)CNC(=O)c1ccc(Cl)nc1Cl. The van der Waals surface area contributed by atoms with Gasteiger partial charge in [-0.1, -0.05) is 30.1 Å². The van der Waals surface area contributed by atoms with Crippen molar-refractivity contribution in [2.45, 2.75) is 13.3 Å². The number of aliphatic hydroxyl groups is 1. The molecule has 94 valence electrons. The van der Waals surface area contributed by atoms with Gasteiger partial charge in [0, 0.05) is 13.2 Å². The molecule has 1 aromatic rings. The lowest BCUT2D eigenvalue weighted by atomic mass is 10.1.